The number of rotatable bonds is 0. The maximum Gasteiger partial charge on any atom is 0.158 e. The minimum absolute atomic E-state index is 0.0382. The van der Waals surface area contributed by atoms with Crippen LogP contribution < -0.4 is 5.73 Å². The van der Waals surface area contributed by atoms with Crippen molar-refractivity contribution in [2.24, 2.45) is 16.6 Å². The second-order valence-electron chi connectivity index (χ2n) is 4.52. The van der Waals surface area contributed by atoms with Gasteiger partial charge in [-0.1, -0.05) is 13.8 Å². The van der Waals surface area contributed by atoms with Crippen molar-refractivity contribution in [1.82, 2.24) is 0 Å². The molecule has 0 amide bonds. The molecule has 0 aromatic rings. The van der Waals surface area contributed by atoms with Crippen molar-refractivity contribution < 1.29 is 4.79 Å². The third-order valence-electron chi connectivity index (χ3n) is 2.87. The Morgan fingerprint density at radius 1 is 1.50 bits per heavy atom. The molecular formula is C8H13NO. The third-order valence-corrected chi connectivity index (χ3v) is 2.87. The lowest BCUT2D eigenvalue weighted by Gasteiger charge is -2.42. The van der Waals surface area contributed by atoms with Crippen LogP contribution in [0.4, 0.5) is 0 Å². The lowest BCUT2D eigenvalue weighted by Crippen LogP contribution is -2.37. The summed E-state index contributed by atoms with van der Waals surface area (Å²) in [5.41, 5.74) is 5.92. The molecule has 2 rings (SSSR count). The predicted molar refractivity (Wildman–Crippen MR) is 38.4 cm³/mol. The monoisotopic (exact) mass is 139 g/mol. The van der Waals surface area contributed by atoms with Crippen molar-refractivity contribution in [1.29, 1.82) is 0 Å². The molecular weight excluding hydrogens is 126 g/mol. The van der Waals surface area contributed by atoms with Gasteiger partial charge in [0.05, 0.1) is 11.5 Å². The topological polar surface area (TPSA) is 43.1 Å². The van der Waals surface area contributed by atoms with Crippen molar-refractivity contribution >= 4 is 5.78 Å². The molecule has 10 heavy (non-hydrogen) atoms. The Hall–Kier alpha value is -0.370. The highest BCUT2D eigenvalue weighted by Gasteiger charge is 2.71. The largest absolute Gasteiger partial charge is 0.321 e. The van der Waals surface area contributed by atoms with Gasteiger partial charge < -0.3 is 5.73 Å². The predicted octanol–water partition coefficient (Wildman–Crippen LogP) is 0.703. The number of carbonyl (C=O) groups is 1. The Morgan fingerprint density at radius 3 is 2.00 bits per heavy atom. The Morgan fingerprint density at radius 2 is 1.90 bits per heavy atom. The van der Waals surface area contributed by atoms with E-state index < -0.39 is 0 Å². The van der Waals surface area contributed by atoms with Crippen molar-refractivity contribution in [2.45, 2.75) is 32.7 Å². The molecule has 2 aliphatic carbocycles. The van der Waals surface area contributed by atoms with Gasteiger partial charge in [0, 0.05) is 0 Å². The molecule has 2 saturated carbocycles. The van der Waals surface area contributed by atoms with E-state index in [1.165, 1.54) is 0 Å². The summed E-state index contributed by atoms with van der Waals surface area (Å²) in [6, 6.07) is -0.111. The van der Waals surface area contributed by atoms with E-state index in [2.05, 4.69) is 13.8 Å². The van der Waals surface area contributed by atoms with E-state index in [0.717, 1.165) is 12.8 Å². The van der Waals surface area contributed by atoms with Gasteiger partial charge in [-0.05, 0) is 18.3 Å². The van der Waals surface area contributed by atoms with Crippen LogP contribution in [0.3, 0.4) is 0 Å². The fraction of sp³-hybridized carbons (Fsp3) is 0.875. The van der Waals surface area contributed by atoms with E-state index in [1.54, 1.807) is 0 Å². The van der Waals surface area contributed by atoms with Gasteiger partial charge in [0.1, 0.15) is 0 Å². The molecule has 1 atom stereocenters. The smallest absolute Gasteiger partial charge is 0.158 e. The van der Waals surface area contributed by atoms with E-state index in [0.29, 0.717) is 11.2 Å². The zero-order chi connectivity index (χ0) is 7.57. The van der Waals surface area contributed by atoms with E-state index in [1.807, 2.05) is 0 Å². The van der Waals surface area contributed by atoms with Gasteiger partial charge in [-0.15, -0.1) is 0 Å². The van der Waals surface area contributed by atoms with E-state index in [-0.39, 0.29) is 11.5 Å². The summed E-state index contributed by atoms with van der Waals surface area (Å²) in [6.07, 6.45) is 2.03. The molecule has 2 nitrogen and oxygen atoms in total. The first-order chi connectivity index (χ1) is 4.48. The standard InChI is InChI=1S/C8H13NO/c1-7(2)3-8(4-7)5(9)6(8)10/h5H,3-4,9H2,1-2H3. The number of carbonyl (C=O) groups excluding carboxylic acids is 1. The Kier molecular flexibility index (Phi) is 0.828. The Labute approximate surface area is 60.8 Å². The van der Waals surface area contributed by atoms with Gasteiger partial charge in [0.25, 0.3) is 0 Å². The van der Waals surface area contributed by atoms with Gasteiger partial charge in [-0.2, -0.15) is 0 Å². The van der Waals surface area contributed by atoms with E-state index in [9.17, 15) is 4.79 Å². The van der Waals surface area contributed by atoms with Crippen LogP contribution in [0, 0.1) is 10.8 Å². The Balaban J connectivity index is 2.10. The molecule has 0 bridgehead atoms. The minimum atomic E-state index is -0.111. The first-order valence-corrected chi connectivity index (χ1v) is 3.78. The van der Waals surface area contributed by atoms with Crippen LogP contribution in [0.1, 0.15) is 26.7 Å². The summed E-state index contributed by atoms with van der Waals surface area (Å²) in [6.45, 7) is 4.38. The number of nitrogens with two attached hydrogens (primary N) is 1. The average molecular weight is 139 g/mol. The summed E-state index contributed by atoms with van der Waals surface area (Å²) < 4.78 is 0. The fourth-order valence-electron chi connectivity index (χ4n) is 2.47. The molecule has 0 aromatic heterocycles. The highest BCUT2D eigenvalue weighted by atomic mass is 16.1. The van der Waals surface area contributed by atoms with Crippen LogP contribution >= 0.6 is 0 Å². The molecule has 0 radical (unpaired) electrons. The molecule has 1 unspecified atom stereocenters. The maximum absolute atomic E-state index is 11.0. The summed E-state index contributed by atoms with van der Waals surface area (Å²) in [5, 5.41) is 0. The molecule has 0 aromatic carbocycles. The van der Waals surface area contributed by atoms with Gasteiger partial charge in [0.2, 0.25) is 0 Å². The summed E-state index contributed by atoms with van der Waals surface area (Å²) in [4.78, 5) is 11.0. The molecule has 2 fully saturated rings. The SMILES string of the molecule is CC1(C)CC2(C1)C(=O)C2N. The third kappa shape index (κ3) is 0.511. The Bertz CT molecular complexity index is 199. The van der Waals surface area contributed by atoms with Crippen LogP contribution in [-0.4, -0.2) is 11.8 Å². The normalized spacial score (nSPS) is 39.5. The molecule has 0 heterocycles. The number of hydrogen-bond donors (Lipinski definition) is 1. The van der Waals surface area contributed by atoms with Crippen molar-refractivity contribution in [3.8, 4) is 0 Å². The molecule has 2 aliphatic rings. The second-order valence-corrected chi connectivity index (χ2v) is 4.52. The van der Waals surface area contributed by atoms with Crippen LogP contribution in [0.2, 0.25) is 0 Å². The molecule has 56 valence electrons. The second kappa shape index (κ2) is 1.30. The van der Waals surface area contributed by atoms with Gasteiger partial charge in [-0.3, -0.25) is 4.79 Å². The zero-order valence-corrected chi connectivity index (χ0v) is 6.48. The average Bonchev–Trinajstić information content (AvgIpc) is 2.17. The number of Topliss-reactive ketones (excluding diaryl/α,β-unsaturated/α-hetero) is 1. The van der Waals surface area contributed by atoms with Crippen molar-refractivity contribution in [2.75, 3.05) is 0 Å². The van der Waals surface area contributed by atoms with Crippen LogP contribution in [0.25, 0.3) is 0 Å². The number of ketones is 1. The van der Waals surface area contributed by atoms with Crippen molar-refractivity contribution in [3.63, 3.8) is 0 Å². The first-order valence-electron chi connectivity index (χ1n) is 3.78. The molecule has 2 heteroatoms. The molecule has 2 N–H and O–H groups in total. The fourth-order valence-corrected chi connectivity index (χ4v) is 2.47. The summed E-state index contributed by atoms with van der Waals surface area (Å²) in [5.74, 6) is 0.298. The molecule has 0 saturated heterocycles. The quantitative estimate of drug-likeness (QED) is 0.537. The lowest BCUT2D eigenvalue weighted by atomic mass is 9.61. The summed E-state index contributed by atoms with van der Waals surface area (Å²) >= 11 is 0. The lowest BCUT2D eigenvalue weighted by molar-refractivity contribution is -0.117. The highest BCUT2D eigenvalue weighted by Crippen LogP contribution is 2.64. The van der Waals surface area contributed by atoms with Crippen molar-refractivity contribution in [3.05, 3.63) is 0 Å². The summed E-state index contributed by atoms with van der Waals surface area (Å²) in [7, 11) is 0. The van der Waals surface area contributed by atoms with Crippen LogP contribution in [0.5, 0.6) is 0 Å². The van der Waals surface area contributed by atoms with Crippen LogP contribution in [0.15, 0.2) is 0 Å². The van der Waals surface area contributed by atoms with E-state index in [4.69, 9.17) is 5.73 Å². The zero-order valence-electron chi connectivity index (χ0n) is 6.48. The molecule has 1 spiro atoms. The van der Waals surface area contributed by atoms with Crippen LogP contribution in [-0.2, 0) is 4.79 Å². The van der Waals surface area contributed by atoms with Gasteiger partial charge >= 0.3 is 0 Å². The number of hydrogen-bond acceptors (Lipinski definition) is 2. The van der Waals surface area contributed by atoms with Gasteiger partial charge in [-0.25, -0.2) is 0 Å². The van der Waals surface area contributed by atoms with Gasteiger partial charge in [0.15, 0.2) is 5.78 Å². The first kappa shape index (κ1) is 6.35. The molecule has 0 aliphatic heterocycles. The highest BCUT2D eigenvalue weighted by molar-refractivity contribution is 6.08. The maximum atomic E-state index is 11.0. The van der Waals surface area contributed by atoms with E-state index >= 15 is 0 Å². The minimum Gasteiger partial charge on any atom is -0.321 e.